The SMILES string of the molecule is O=C(NC1CCC(CNc2nc(-c3ccncc3)cs2)CC1)OCc1ccccc1. The van der Waals surface area contributed by atoms with Crippen LogP contribution in [0.4, 0.5) is 9.93 Å². The van der Waals surface area contributed by atoms with Crippen LogP contribution >= 0.6 is 11.3 Å². The molecule has 2 aromatic heterocycles. The van der Waals surface area contributed by atoms with Crippen molar-refractivity contribution >= 4 is 22.6 Å². The molecule has 0 atom stereocenters. The topological polar surface area (TPSA) is 76.1 Å². The maximum atomic E-state index is 12.0. The number of hydrogen-bond acceptors (Lipinski definition) is 6. The zero-order chi connectivity index (χ0) is 20.6. The Morgan fingerprint density at radius 3 is 2.60 bits per heavy atom. The number of rotatable bonds is 7. The summed E-state index contributed by atoms with van der Waals surface area (Å²) in [6.45, 7) is 1.22. The van der Waals surface area contributed by atoms with Gasteiger partial charge in [0.1, 0.15) is 6.61 Å². The molecule has 3 aromatic rings. The van der Waals surface area contributed by atoms with Gasteiger partial charge in [-0.25, -0.2) is 9.78 Å². The molecule has 0 aliphatic heterocycles. The molecule has 0 bridgehead atoms. The predicted octanol–water partition coefficient (Wildman–Crippen LogP) is 5.10. The molecule has 2 heterocycles. The van der Waals surface area contributed by atoms with Crippen molar-refractivity contribution in [2.75, 3.05) is 11.9 Å². The summed E-state index contributed by atoms with van der Waals surface area (Å²) in [4.78, 5) is 20.8. The Morgan fingerprint density at radius 2 is 1.83 bits per heavy atom. The molecule has 0 radical (unpaired) electrons. The number of anilines is 1. The van der Waals surface area contributed by atoms with E-state index in [9.17, 15) is 4.79 Å². The van der Waals surface area contributed by atoms with Crippen molar-refractivity contribution in [3.05, 3.63) is 65.8 Å². The number of carbonyl (C=O) groups excluding carboxylic acids is 1. The Morgan fingerprint density at radius 1 is 1.07 bits per heavy atom. The summed E-state index contributed by atoms with van der Waals surface area (Å²) in [7, 11) is 0. The van der Waals surface area contributed by atoms with Crippen molar-refractivity contribution in [2.45, 2.75) is 38.3 Å². The molecule has 1 amide bonds. The van der Waals surface area contributed by atoms with E-state index in [1.54, 1.807) is 23.7 Å². The minimum Gasteiger partial charge on any atom is -0.445 e. The summed E-state index contributed by atoms with van der Waals surface area (Å²) in [5.41, 5.74) is 3.06. The van der Waals surface area contributed by atoms with Crippen molar-refractivity contribution in [1.29, 1.82) is 0 Å². The van der Waals surface area contributed by atoms with Crippen molar-refractivity contribution < 1.29 is 9.53 Å². The number of hydrogen-bond donors (Lipinski definition) is 2. The standard InChI is InChI=1S/C23H26N4O2S/c28-23(29-15-18-4-2-1-3-5-18)26-20-8-6-17(7-9-20)14-25-22-27-21(16-30-22)19-10-12-24-13-11-19/h1-5,10-13,16-17,20H,6-9,14-15H2,(H,25,27)(H,26,28). The molecule has 30 heavy (non-hydrogen) atoms. The van der Waals surface area contributed by atoms with Gasteiger partial charge in [-0.1, -0.05) is 30.3 Å². The number of pyridine rings is 1. The summed E-state index contributed by atoms with van der Waals surface area (Å²) >= 11 is 1.63. The quantitative estimate of drug-likeness (QED) is 0.554. The Balaban J connectivity index is 1.15. The van der Waals surface area contributed by atoms with Crippen LogP contribution in [0.15, 0.2) is 60.2 Å². The van der Waals surface area contributed by atoms with E-state index in [1.165, 1.54) is 0 Å². The second-order valence-corrected chi connectivity index (χ2v) is 8.44. The molecule has 156 valence electrons. The minimum atomic E-state index is -0.327. The van der Waals surface area contributed by atoms with E-state index in [0.717, 1.165) is 54.2 Å². The van der Waals surface area contributed by atoms with Gasteiger partial charge in [-0.15, -0.1) is 11.3 Å². The van der Waals surface area contributed by atoms with Crippen molar-refractivity contribution in [3.8, 4) is 11.3 Å². The number of carbonyl (C=O) groups is 1. The average Bonchev–Trinajstić information content (AvgIpc) is 3.28. The second-order valence-electron chi connectivity index (χ2n) is 7.58. The lowest BCUT2D eigenvalue weighted by molar-refractivity contribution is 0.131. The van der Waals surface area contributed by atoms with Gasteiger partial charge in [0, 0.05) is 35.9 Å². The third-order valence-corrected chi connectivity index (χ3v) is 6.20. The first-order chi connectivity index (χ1) is 14.8. The molecule has 0 saturated heterocycles. The van der Waals surface area contributed by atoms with Gasteiger partial charge in [-0.2, -0.15) is 0 Å². The second kappa shape index (κ2) is 10.2. The summed E-state index contributed by atoms with van der Waals surface area (Å²) in [6, 6.07) is 13.9. The van der Waals surface area contributed by atoms with Crippen LogP contribution in [-0.4, -0.2) is 28.6 Å². The van der Waals surface area contributed by atoms with Gasteiger partial charge in [0.2, 0.25) is 0 Å². The third-order valence-electron chi connectivity index (χ3n) is 5.40. The average molecular weight is 423 g/mol. The van der Waals surface area contributed by atoms with Crippen LogP contribution in [0, 0.1) is 5.92 Å². The van der Waals surface area contributed by atoms with Crippen LogP contribution in [0.25, 0.3) is 11.3 Å². The van der Waals surface area contributed by atoms with E-state index in [0.29, 0.717) is 12.5 Å². The van der Waals surface area contributed by atoms with Crippen LogP contribution in [0.1, 0.15) is 31.2 Å². The molecule has 4 rings (SSSR count). The number of ether oxygens (including phenoxy) is 1. The van der Waals surface area contributed by atoms with Gasteiger partial charge < -0.3 is 15.4 Å². The molecule has 1 saturated carbocycles. The minimum absolute atomic E-state index is 0.197. The van der Waals surface area contributed by atoms with Crippen molar-refractivity contribution in [1.82, 2.24) is 15.3 Å². The molecule has 1 aliphatic carbocycles. The lowest BCUT2D eigenvalue weighted by Gasteiger charge is -2.28. The third kappa shape index (κ3) is 5.79. The maximum absolute atomic E-state index is 12.0. The van der Waals surface area contributed by atoms with Gasteiger partial charge in [-0.3, -0.25) is 4.98 Å². The first kappa shape index (κ1) is 20.3. The fourth-order valence-electron chi connectivity index (χ4n) is 3.68. The number of thiazole rings is 1. The fraction of sp³-hybridized carbons (Fsp3) is 0.348. The van der Waals surface area contributed by atoms with Gasteiger partial charge in [0.25, 0.3) is 0 Å². The fourth-order valence-corrected chi connectivity index (χ4v) is 4.41. The first-order valence-electron chi connectivity index (χ1n) is 10.3. The molecule has 0 unspecified atom stereocenters. The normalized spacial score (nSPS) is 18.5. The monoisotopic (exact) mass is 422 g/mol. The van der Waals surface area contributed by atoms with Crippen LogP contribution in [0.5, 0.6) is 0 Å². The smallest absolute Gasteiger partial charge is 0.407 e. The van der Waals surface area contributed by atoms with Crippen molar-refractivity contribution in [3.63, 3.8) is 0 Å². The largest absolute Gasteiger partial charge is 0.445 e. The van der Waals surface area contributed by atoms with E-state index in [-0.39, 0.29) is 12.1 Å². The van der Waals surface area contributed by atoms with Gasteiger partial charge in [0.15, 0.2) is 5.13 Å². The van der Waals surface area contributed by atoms with E-state index in [1.807, 2.05) is 42.5 Å². The number of amides is 1. The molecular weight excluding hydrogens is 396 g/mol. The highest BCUT2D eigenvalue weighted by atomic mass is 32.1. The van der Waals surface area contributed by atoms with Gasteiger partial charge in [0.05, 0.1) is 5.69 Å². The molecule has 2 N–H and O–H groups in total. The van der Waals surface area contributed by atoms with Gasteiger partial charge in [-0.05, 0) is 49.3 Å². The number of nitrogens with zero attached hydrogens (tertiary/aromatic N) is 2. The van der Waals surface area contributed by atoms with Crippen LogP contribution in [0.2, 0.25) is 0 Å². The zero-order valence-corrected chi connectivity index (χ0v) is 17.6. The molecule has 6 nitrogen and oxygen atoms in total. The lowest BCUT2D eigenvalue weighted by Crippen LogP contribution is -2.38. The molecule has 1 aromatic carbocycles. The van der Waals surface area contributed by atoms with E-state index in [2.05, 4.69) is 26.0 Å². The van der Waals surface area contributed by atoms with Gasteiger partial charge >= 0.3 is 6.09 Å². The van der Waals surface area contributed by atoms with E-state index in [4.69, 9.17) is 4.74 Å². The summed E-state index contributed by atoms with van der Waals surface area (Å²) in [6.07, 6.45) is 7.36. The molecule has 7 heteroatoms. The Hall–Kier alpha value is -2.93. The first-order valence-corrected chi connectivity index (χ1v) is 11.2. The maximum Gasteiger partial charge on any atom is 0.407 e. The molecule has 1 aliphatic rings. The molecule has 1 fully saturated rings. The zero-order valence-electron chi connectivity index (χ0n) is 16.8. The number of benzene rings is 1. The summed E-state index contributed by atoms with van der Waals surface area (Å²) < 4.78 is 5.33. The lowest BCUT2D eigenvalue weighted by atomic mass is 9.86. The summed E-state index contributed by atoms with van der Waals surface area (Å²) in [5.74, 6) is 0.594. The Kier molecular flexibility index (Phi) is 6.92. The van der Waals surface area contributed by atoms with E-state index < -0.39 is 0 Å². The van der Waals surface area contributed by atoms with Crippen molar-refractivity contribution in [2.24, 2.45) is 5.92 Å². The summed E-state index contributed by atoms with van der Waals surface area (Å²) in [5, 5.41) is 9.51. The number of alkyl carbamates (subject to hydrolysis) is 1. The van der Waals surface area contributed by atoms with E-state index >= 15 is 0 Å². The predicted molar refractivity (Wildman–Crippen MR) is 119 cm³/mol. The number of nitrogens with one attached hydrogen (secondary N) is 2. The Bertz CT molecular complexity index is 925. The molecule has 0 spiro atoms. The van der Waals surface area contributed by atoms with Crippen LogP contribution in [-0.2, 0) is 11.3 Å². The van der Waals surface area contributed by atoms with Crippen LogP contribution in [0.3, 0.4) is 0 Å². The Labute approximate surface area is 180 Å². The highest BCUT2D eigenvalue weighted by Crippen LogP contribution is 2.27. The number of aromatic nitrogens is 2. The highest BCUT2D eigenvalue weighted by Gasteiger charge is 2.23. The highest BCUT2D eigenvalue weighted by molar-refractivity contribution is 7.14. The van der Waals surface area contributed by atoms with Crippen LogP contribution < -0.4 is 10.6 Å². The molecular formula is C23H26N4O2S.